The van der Waals surface area contributed by atoms with Crippen LogP contribution in [0.15, 0.2) is 42.5 Å². The second-order valence-corrected chi connectivity index (χ2v) is 9.96. The van der Waals surface area contributed by atoms with Gasteiger partial charge in [0.25, 0.3) is 5.91 Å². The molecule has 2 aliphatic heterocycles. The Kier molecular flexibility index (Phi) is 8.73. The summed E-state index contributed by atoms with van der Waals surface area (Å²) in [5, 5.41) is 3.28. The zero-order valence-corrected chi connectivity index (χ0v) is 20.7. The maximum absolute atomic E-state index is 12.8. The number of carbonyl (C=O) groups excluding carboxylic acids is 1. The van der Waals surface area contributed by atoms with E-state index >= 15 is 0 Å². The van der Waals surface area contributed by atoms with Crippen LogP contribution in [0.3, 0.4) is 0 Å². The Morgan fingerprint density at radius 3 is 2.29 bits per heavy atom. The quantitative estimate of drug-likeness (QED) is 0.460. The second-order valence-electron chi connectivity index (χ2n) is 9.55. The van der Waals surface area contributed by atoms with Gasteiger partial charge in [-0.05, 0) is 94.7 Å². The van der Waals surface area contributed by atoms with Crippen molar-refractivity contribution in [2.45, 2.75) is 50.7 Å². The number of nitrogens with one attached hydrogen (secondary N) is 1. The number of halogens is 4. The molecule has 4 rings (SSSR count). The van der Waals surface area contributed by atoms with Crippen molar-refractivity contribution in [3.63, 3.8) is 0 Å². The first-order chi connectivity index (χ1) is 16.8. The van der Waals surface area contributed by atoms with Crippen LogP contribution in [-0.4, -0.2) is 61.0 Å². The molecule has 1 amide bonds. The minimum absolute atomic E-state index is 0.199. The average Bonchev–Trinajstić information content (AvgIpc) is 2.87. The lowest BCUT2D eigenvalue weighted by Crippen LogP contribution is -2.47. The first-order valence-electron chi connectivity index (χ1n) is 12.5. The highest BCUT2D eigenvalue weighted by Gasteiger charge is 2.30. The third-order valence-electron chi connectivity index (χ3n) is 7.16. The average molecular weight is 508 g/mol. The molecule has 0 aliphatic carbocycles. The molecule has 0 atom stereocenters. The van der Waals surface area contributed by atoms with E-state index in [1.807, 2.05) is 0 Å². The summed E-state index contributed by atoms with van der Waals surface area (Å²) in [4.78, 5) is 17.7. The number of amides is 1. The fraction of sp³-hybridized carbons (Fsp3) is 0.519. The summed E-state index contributed by atoms with van der Waals surface area (Å²) >= 11 is 6.36. The molecule has 0 unspecified atom stereocenters. The molecule has 0 radical (unpaired) electrons. The summed E-state index contributed by atoms with van der Waals surface area (Å²) in [5.41, 5.74) is 0.886. The molecule has 8 heteroatoms. The molecule has 4 nitrogen and oxygen atoms in total. The van der Waals surface area contributed by atoms with Crippen molar-refractivity contribution in [1.82, 2.24) is 15.1 Å². The van der Waals surface area contributed by atoms with Gasteiger partial charge in [-0.15, -0.1) is 0 Å². The SMILES string of the molecule is O=C(NCCCN1CCC(N2CCCCC2)CC1)c1ccc(-c2ccc(C(F)(F)F)cc2)c(Cl)c1. The van der Waals surface area contributed by atoms with Crippen molar-refractivity contribution in [3.05, 3.63) is 58.6 Å². The molecule has 0 saturated carbocycles. The van der Waals surface area contributed by atoms with Crippen LogP contribution >= 0.6 is 11.6 Å². The maximum atomic E-state index is 12.8. The van der Waals surface area contributed by atoms with E-state index in [0.29, 0.717) is 28.3 Å². The van der Waals surface area contributed by atoms with Gasteiger partial charge in [-0.25, -0.2) is 0 Å². The number of hydrogen-bond acceptors (Lipinski definition) is 3. The number of hydrogen-bond donors (Lipinski definition) is 1. The van der Waals surface area contributed by atoms with Crippen LogP contribution in [0.25, 0.3) is 11.1 Å². The Labute approximate surface area is 210 Å². The topological polar surface area (TPSA) is 35.6 Å². The molecule has 0 spiro atoms. The molecule has 0 bridgehead atoms. The zero-order chi connectivity index (χ0) is 24.8. The summed E-state index contributed by atoms with van der Waals surface area (Å²) in [7, 11) is 0. The Bertz CT molecular complexity index is 982. The van der Waals surface area contributed by atoms with E-state index in [1.165, 1.54) is 57.3 Å². The van der Waals surface area contributed by atoms with Crippen molar-refractivity contribution in [2.75, 3.05) is 39.3 Å². The predicted molar refractivity (Wildman–Crippen MR) is 134 cm³/mol. The molecule has 2 saturated heterocycles. The lowest BCUT2D eigenvalue weighted by Gasteiger charge is -2.40. The molecule has 2 heterocycles. The number of alkyl halides is 3. The van der Waals surface area contributed by atoms with Crippen molar-refractivity contribution in [1.29, 1.82) is 0 Å². The Morgan fingerprint density at radius 1 is 0.971 bits per heavy atom. The van der Waals surface area contributed by atoms with Gasteiger partial charge >= 0.3 is 6.18 Å². The predicted octanol–water partition coefficient (Wildman–Crippen LogP) is 6.10. The first kappa shape index (κ1) is 26.0. The van der Waals surface area contributed by atoms with Crippen LogP contribution in [0.4, 0.5) is 13.2 Å². The molecule has 190 valence electrons. The summed E-state index contributed by atoms with van der Waals surface area (Å²) < 4.78 is 38.4. The Morgan fingerprint density at radius 2 is 1.66 bits per heavy atom. The van der Waals surface area contributed by atoms with Crippen molar-refractivity contribution < 1.29 is 18.0 Å². The standard InChI is InChI=1S/C27H33ClF3N3O/c28-25-19-21(7-10-24(25)20-5-8-22(9-6-20)27(29,30)31)26(35)32-13-4-14-33-17-11-23(12-18-33)34-15-2-1-3-16-34/h5-10,19,23H,1-4,11-18H2,(H,32,35). The summed E-state index contributed by atoms with van der Waals surface area (Å²) in [6, 6.07) is 10.5. The lowest BCUT2D eigenvalue weighted by atomic mass is 10.00. The van der Waals surface area contributed by atoms with Gasteiger partial charge in [0, 0.05) is 28.7 Å². The molecule has 2 aromatic carbocycles. The van der Waals surface area contributed by atoms with Crippen LogP contribution < -0.4 is 5.32 Å². The second kappa shape index (κ2) is 11.8. The molecule has 1 N–H and O–H groups in total. The minimum Gasteiger partial charge on any atom is -0.352 e. The zero-order valence-electron chi connectivity index (χ0n) is 19.9. The van der Waals surface area contributed by atoms with E-state index in [0.717, 1.165) is 44.2 Å². The third kappa shape index (κ3) is 6.99. The highest BCUT2D eigenvalue weighted by atomic mass is 35.5. The van der Waals surface area contributed by atoms with Crippen LogP contribution in [-0.2, 0) is 6.18 Å². The molecule has 2 aromatic rings. The number of likely N-dealkylation sites (tertiary alicyclic amines) is 2. The number of carbonyl (C=O) groups is 1. The monoisotopic (exact) mass is 507 g/mol. The van der Waals surface area contributed by atoms with Gasteiger partial charge in [0.2, 0.25) is 0 Å². The van der Waals surface area contributed by atoms with Gasteiger partial charge in [-0.2, -0.15) is 13.2 Å². The van der Waals surface area contributed by atoms with Crippen LogP contribution in [0.1, 0.15) is 54.4 Å². The Balaban J connectivity index is 1.21. The number of rotatable bonds is 7. The maximum Gasteiger partial charge on any atom is 0.416 e. The molecule has 0 aromatic heterocycles. The van der Waals surface area contributed by atoms with E-state index in [2.05, 4.69) is 15.1 Å². The Hall–Kier alpha value is -2.09. The van der Waals surface area contributed by atoms with E-state index in [9.17, 15) is 18.0 Å². The van der Waals surface area contributed by atoms with Gasteiger partial charge in [0.1, 0.15) is 0 Å². The van der Waals surface area contributed by atoms with E-state index in [1.54, 1.807) is 18.2 Å². The first-order valence-corrected chi connectivity index (χ1v) is 12.9. The number of piperidine rings is 2. The van der Waals surface area contributed by atoms with Gasteiger partial charge in [-0.3, -0.25) is 4.79 Å². The van der Waals surface area contributed by atoms with Crippen LogP contribution in [0.2, 0.25) is 5.02 Å². The van der Waals surface area contributed by atoms with Crippen LogP contribution in [0.5, 0.6) is 0 Å². The lowest BCUT2D eigenvalue weighted by molar-refractivity contribution is -0.137. The van der Waals surface area contributed by atoms with E-state index in [4.69, 9.17) is 11.6 Å². The fourth-order valence-electron chi connectivity index (χ4n) is 5.13. The molecular formula is C27H33ClF3N3O. The molecule has 2 aliphatic rings. The van der Waals surface area contributed by atoms with E-state index < -0.39 is 11.7 Å². The highest BCUT2D eigenvalue weighted by molar-refractivity contribution is 6.33. The minimum atomic E-state index is -4.38. The summed E-state index contributed by atoms with van der Waals surface area (Å²) in [6.07, 6.45) is 3.01. The van der Waals surface area contributed by atoms with Gasteiger partial charge in [0.15, 0.2) is 0 Å². The smallest absolute Gasteiger partial charge is 0.352 e. The van der Waals surface area contributed by atoms with Crippen molar-refractivity contribution >= 4 is 17.5 Å². The molecule has 35 heavy (non-hydrogen) atoms. The largest absolute Gasteiger partial charge is 0.416 e. The van der Waals surface area contributed by atoms with Gasteiger partial charge < -0.3 is 15.1 Å². The summed E-state index contributed by atoms with van der Waals surface area (Å²) in [6.45, 7) is 6.31. The van der Waals surface area contributed by atoms with Crippen molar-refractivity contribution in [2.24, 2.45) is 0 Å². The van der Waals surface area contributed by atoms with Gasteiger partial charge in [-0.1, -0.05) is 36.2 Å². The van der Waals surface area contributed by atoms with Gasteiger partial charge in [0.05, 0.1) is 5.56 Å². The van der Waals surface area contributed by atoms with Crippen molar-refractivity contribution in [3.8, 4) is 11.1 Å². The van der Waals surface area contributed by atoms with E-state index in [-0.39, 0.29) is 5.91 Å². The summed E-state index contributed by atoms with van der Waals surface area (Å²) in [5.74, 6) is -0.199. The fourth-order valence-corrected chi connectivity index (χ4v) is 5.42. The molecule has 2 fully saturated rings. The van der Waals surface area contributed by atoms with Crippen LogP contribution in [0, 0.1) is 0 Å². The normalized spacial score (nSPS) is 18.5. The molecular weight excluding hydrogens is 475 g/mol. The number of benzene rings is 2. The highest BCUT2D eigenvalue weighted by Crippen LogP contribution is 2.33. The number of nitrogens with zero attached hydrogens (tertiary/aromatic N) is 2. The third-order valence-corrected chi connectivity index (χ3v) is 7.47.